The van der Waals surface area contributed by atoms with E-state index in [4.69, 9.17) is 5.73 Å². The fourth-order valence-electron chi connectivity index (χ4n) is 1.87. The molecule has 2 N–H and O–H groups in total. The summed E-state index contributed by atoms with van der Waals surface area (Å²) in [6.45, 7) is 7.75. The Morgan fingerprint density at radius 2 is 1.75 bits per heavy atom. The Morgan fingerprint density at radius 3 is 2.19 bits per heavy atom. The third kappa shape index (κ3) is 4.68. The Balaban J connectivity index is 0.00000225. The maximum absolute atomic E-state index is 11.9. The molecule has 0 bridgehead atoms. The zero-order valence-electron chi connectivity index (χ0n) is 10.5. The number of likely N-dealkylation sites (N-methyl/N-ethyl adjacent to an activating group) is 1. The zero-order chi connectivity index (χ0) is 11.4. The monoisotopic (exact) mass is 249 g/mol. The molecule has 1 heterocycles. The van der Waals surface area contributed by atoms with Gasteiger partial charge in [0.25, 0.3) is 0 Å². The van der Waals surface area contributed by atoms with Gasteiger partial charge in [0.1, 0.15) is 0 Å². The van der Waals surface area contributed by atoms with Crippen molar-refractivity contribution in [3.8, 4) is 0 Å². The molecule has 96 valence electrons. The van der Waals surface area contributed by atoms with E-state index >= 15 is 0 Å². The van der Waals surface area contributed by atoms with Crippen LogP contribution in [0.25, 0.3) is 0 Å². The largest absolute Gasteiger partial charge is 0.339 e. The molecule has 0 aliphatic carbocycles. The second-order valence-corrected chi connectivity index (χ2v) is 4.86. The Bertz CT molecular complexity index is 215. The van der Waals surface area contributed by atoms with Gasteiger partial charge in [0.05, 0.1) is 6.04 Å². The lowest BCUT2D eigenvalue weighted by atomic mass is 10.0. The van der Waals surface area contributed by atoms with E-state index in [0.29, 0.717) is 5.92 Å². The number of piperazine rings is 1. The van der Waals surface area contributed by atoms with Crippen molar-refractivity contribution in [2.24, 2.45) is 11.7 Å². The van der Waals surface area contributed by atoms with Crippen LogP contribution < -0.4 is 5.73 Å². The van der Waals surface area contributed by atoms with Crippen LogP contribution in [-0.4, -0.2) is 55.0 Å². The van der Waals surface area contributed by atoms with Crippen LogP contribution >= 0.6 is 12.4 Å². The predicted molar refractivity (Wildman–Crippen MR) is 68.8 cm³/mol. The van der Waals surface area contributed by atoms with Crippen LogP contribution in [0.2, 0.25) is 0 Å². The minimum Gasteiger partial charge on any atom is -0.339 e. The van der Waals surface area contributed by atoms with Crippen molar-refractivity contribution in [1.29, 1.82) is 0 Å². The molecular formula is C11H24ClN3O. The molecular weight excluding hydrogens is 226 g/mol. The SMILES string of the molecule is CC(C)C[C@H](N)C(=O)N1CCN(C)CC1.Cl. The zero-order valence-corrected chi connectivity index (χ0v) is 11.3. The summed E-state index contributed by atoms with van der Waals surface area (Å²) in [6, 6.07) is -0.312. The first-order valence-electron chi connectivity index (χ1n) is 5.73. The van der Waals surface area contributed by atoms with E-state index in [1.165, 1.54) is 0 Å². The molecule has 1 aliphatic rings. The number of carbonyl (C=O) groups excluding carboxylic acids is 1. The van der Waals surface area contributed by atoms with Gasteiger partial charge in [-0.05, 0) is 19.4 Å². The van der Waals surface area contributed by atoms with Gasteiger partial charge in [0.15, 0.2) is 0 Å². The van der Waals surface area contributed by atoms with Gasteiger partial charge in [-0.25, -0.2) is 0 Å². The minimum absolute atomic E-state index is 0. The average Bonchev–Trinajstić information content (AvgIpc) is 2.17. The summed E-state index contributed by atoms with van der Waals surface area (Å²) in [5.41, 5.74) is 5.88. The molecule has 5 heteroatoms. The molecule has 16 heavy (non-hydrogen) atoms. The Labute approximate surface area is 105 Å². The van der Waals surface area contributed by atoms with Gasteiger partial charge in [0.2, 0.25) is 5.91 Å². The first-order chi connectivity index (χ1) is 7.00. The van der Waals surface area contributed by atoms with Gasteiger partial charge >= 0.3 is 0 Å². The number of nitrogens with zero attached hydrogens (tertiary/aromatic N) is 2. The van der Waals surface area contributed by atoms with Crippen LogP contribution in [0.3, 0.4) is 0 Å². The third-order valence-electron chi connectivity index (χ3n) is 2.86. The van der Waals surface area contributed by atoms with Crippen LogP contribution in [0.5, 0.6) is 0 Å². The number of carbonyl (C=O) groups is 1. The van der Waals surface area contributed by atoms with Gasteiger partial charge in [-0.3, -0.25) is 4.79 Å². The Hall–Kier alpha value is -0.320. The van der Waals surface area contributed by atoms with Gasteiger partial charge in [-0.1, -0.05) is 13.8 Å². The number of nitrogens with two attached hydrogens (primary N) is 1. The molecule has 0 aromatic heterocycles. The molecule has 1 atom stereocenters. The van der Waals surface area contributed by atoms with Crippen LogP contribution in [0.1, 0.15) is 20.3 Å². The summed E-state index contributed by atoms with van der Waals surface area (Å²) in [6.07, 6.45) is 0.783. The van der Waals surface area contributed by atoms with Gasteiger partial charge in [0, 0.05) is 26.2 Å². The first kappa shape index (κ1) is 15.7. The molecule has 1 rings (SSSR count). The van der Waals surface area contributed by atoms with E-state index in [1.807, 2.05) is 4.90 Å². The van der Waals surface area contributed by atoms with Crippen LogP contribution in [0.15, 0.2) is 0 Å². The lowest BCUT2D eigenvalue weighted by Gasteiger charge is -2.34. The van der Waals surface area contributed by atoms with E-state index in [0.717, 1.165) is 32.6 Å². The summed E-state index contributed by atoms with van der Waals surface area (Å²) in [7, 11) is 2.08. The predicted octanol–water partition coefficient (Wildman–Crippen LogP) is 0.556. The van der Waals surface area contributed by atoms with Crippen molar-refractivity contribution in [1.82, 2.24) is 9.80 Å². The number of hydrogen-bond acceptors (Lipinski definition) is 3. The summed E-state index contributed by atoms with van der Waals surface area (Å²) < 4.78 is 0. The molecule has 1 aliphatic heterocycles. The molecule has 4 nitrogen and oxygen atoms in total. The topological polar surface area (TPSA) is 49.6 Å². The van der Waals surface area contributed by atoms with Crippen molar-refractivity contribution >= 4 is 18.3 Å². The van der Waals surface area contributed by atoms with Gasteiger partial charge in [-0.15, -0.1) is 12.4 Å². The lowest BCUT2D eigenvalue weighted by Crippen LogP contribution is -2.52. The lowest BCUT2D eigenvalue weighted by molar-refractivity contribution is -0.134. The maximum Gasteiger partial charge on any atom is 0.239 e. The smallest absolute Gasteiger partial charge is 0.239 e. The van der Waals surface area contributed by atoms with Crippen molar-refractivity contribution < 1.29 is 4.79 Å². The Kier molecular flexibility index (Phi) is 6.95. The number of halogens is 1. The molecule has 0 unspecified atom stereocenters. The first-order valence-corrected chi connectivity index (χ1v) is 5.73. The maximum atomic E-state index is 11.9. The normalized spacial score (nSPS) is 19.4. The number of rotatable bonds is 3. The highest BCUT2D eigenvalue weighted by molar-refractivity contribution is 5.85. The highest BCUT2D eigenvalue weighted by Gasteiger charge is 2.24. The van der Waals surface area contributed by atoms with E-state index in [2.05, 4.69) is 25.8 Å². The van der Waals surface area contributed by atoms with Crippen molar-refractivity contribution in [3.63, 3.8) is 0 Å². The Morgan fingerprint density at radius 1 is 1.25 bits per heavy atom. The van der Waals surface area contributed by atoms with E-state index < -0.39 is 0 Å². The van der Waals surface area contributed by atoms with Gasteiger partial charge < -0.3 is 15.5 Å². The second-order valence-electron chi connectivity index (χ2n) is 4.86. The highest BCUT2D eigenvalue weighted by atomic mass is 35.5. The van der Waals surface area contributed by atoms with Crippen LogP contribution in [0.4, 0.5) is 0 Å². The van der Waals surface area contributed by atoms with Crippen molar-refractivity contribution in [2.45, 2.75) is 26.3 Å². The quantitative estimate of drug-likeness (QED) is 0.795. The summed E-state index contributed by atoms with van der Waals surface area (Å²) in [5.74, 6) is 0.605. The van der Waals surface area contributed by atoms with E-state index in [1.54, 1.807) is 0 Å². The molecule has 1 fully saturated rings. The average molecular weight is 250 g/mol. The summed E-state index contributed by atoms with van der Waals surface area (Å²) >= 11 is 0. The summed E-state index contributed by atoms with van der Waals surface area (Å²) in [5, 5.41) is 0. The molecule has 0 aromatic rings. The second kappa shape index (κ2) is 7.09. The molecule has 0 saturated carbocycles. The van der Waals surface area contributed by atoms with Crippen LogP contribution in [-0.2, 0) is 4.79 Å². The minimum atomic E-state index is -0.312. The standard InChI is InChI=1S/C11H23N3O.ClH/c1-9(2)8-10(12)11(15)14-6-4-13(3)5-7-14;/h9-10H,4-8,12H2,1-3H3;1H/t10-;/m0./s1. The van der Waals surface area contributed by atoms with Crippen LogP contribution in [0, 0.1) is 5.92 Å². The molecule has 1 amide bonds. The van der Waals surface area contributed by atoms with Gasteiger partial charge in [-0.2, -0.15) is 0 Å². The van der Waals surface area contributed by atoms with Crippen molar-refractivity contribution in [3.05, 3.63) is 0 Å². The fraction of sp³-hybridized carbons (Fsp3) is 0.909. The van der Waals surface area contributed by atoms with E-state index in [9.17, 15) is 4.79 Å². The fourth-order valence-corrected chi connectivity index (χ4v) is 1.87. The molecule has 1 saturated heterocycles. The molecule has 0 radical (unpaired) electrons. The highest BCUT2D eigenvalue weighted by Crippen LogP contribution is 2.07. The van der Waals surface area contributed by atoms with Crippen molar-refractivity contribution in [2.75, 3.05) is 33.2 Å². The summed E-state index contributed by atoms with van der Waals surface area (Å²) in [4.78, 5) is 16.1. The molecule has 0 spiro atoms. The molecule has 0 aromatic carbocycles. The number of amides is 1. The number of hydrogen-bond donors (Lipinski definition) is 1. The van der Waals surface area contributed by atoms with E-state index in [-0.39, 0.29) is 24.4 Å². The third-order valence-corrected chi connectivity index (χ3v) is 2.86.